The number of benzene rings is 1. The largest absolute Gasteiger partial charge is 0.478 e. The van der Waals surface area contributed by atoms with Crippen molar-refractivity contribution in [3.05, 3.63) is 48.6 Å². The number of anilines is 1. The van der Waals surface area contributed by atoms with Crippen LogP contribution in [-0.4, -0.2) is 105 Å². The fourth-order valence-corrected chi connectivity index (χ4v) is 3.36. The van der Waals surface area contributed by atoms with E-state index in [1.807, 2.05) is 6.92 Å². The van der Waals surface area contributed by atoms with Gasteiger partial charge < -0.3 is 39.5 Å². The average molecular weight is 535 g/mol. The van der Waals surface area contributed by atoms with Crippen molar-refractivity contribution in [2.75, 3.05) is 51.3 Å². The zero-order valence-electron chi connectivity index (χ0n) is 21.4. The van der Waals surface area contributed by atoms with E-state index in [-0.39, 0.29) is 0 Å². The summed E-state index contributed by atoms with van der Waals surface area (Å²) in [5.74, 6) is -3.93. The summed E-state index contributed by atoms with van der Waals surface area (Å²) >= 11 is 0. The van der Waals surface area contributed by atoms with Gasteiger partial charge in [0.05, 0.1) is 17.6 Å². The third-order valence-corrected chi connectivity index (χ3v) is 5.04. The molecule has 0 spiro atoms. The Hall–Kier alpha value is -4.23. The molecule has 0 unspecified atom stereocenters. The van der Waals surface area contributed by atoms with E-state index in [0.29, 0.717) is 24.3 Å². The molecule has 1 aromatic heterocycles. The maximum absolute atomic E-state index is 9.55. The van der Waals surface area contributed by atoms with E-state index < -0.39 is 23.9 Å². The molecule has 208 valence electrons. The molecule has 3 rings (SSSR count). The maximum Gasteiger partial charge on any atom is 0.328 e. The lowest BCUT2D eigenvalue weighted by Crippen LogP contribution is -2.31. The Balaban J connectivity index is 0.000000374. The van der Waals surface area contributed by atoms with Gasteiger partial charge in [0, 0.05) is 57.1 Å². The van der Waals surface area contributed by atoms with Crippen LogP contribution in [0.4, 0.5) is 5.95 Å². The number of hydrogen-bond donors (Lipinski definition) is 4. The van der Waals surface area contributed by atoms with Crippen LogP contribution in [0.2, 0.25) is 0 Å². The molecule has 1 aliphatic heterocycles. The summed E-state index contributed by atoms with van der Waals surface area (Å²) in [6, 6.07) is 8.39. The second-order valence-corrected chi connectivity index (χ2v) is 7.91. The van der Waals surface area contributed by atoms with Crippen LogP contribution in [-0.2, 0) is 30.5 Å². The number of carboxylic acids is 4. The summed E-state index contributed by atoms with van der Waals surface area (Å²) in [6.45, 7) is 8.75. The Bertz CT molecular complexity index is 1060. The smallest absolute Gasteiger partial charge is 0.328 e. The average Bonchev–Trinajstić information content (AvgIpc) is 3.08. The molecule has 2 heterocycles. The molecule has 13 nitrogen and oxygen atoms in total. The van der Waals surface area contributed by atoms with E-state index in [4.69, 9.17) is 30.1 Å². The van der Waals surface area contributed by atoms with Gasteiger partial charge in [-0.1, -0.05) is 12.1 Å². The van der Waals surface area contributed by atoms with Crippen molar-refractivity contribution >= 4 is 40.9 Å². The number of fused-ring (bicyclic) bond motifs is 1. The van der Waals surface area contributed by atoms with Gasteiger partial charge in [0.1, 0.15) is 0 Å². The lowest BCUT2D eigenvalue weighted by atomic mass is 10.3. The summed E-state index contributed by atoms with van der Waals surface area (Å²) < 4.78 is 7.88. The molecule has 0 bridgehead atoms. The van der Waals surface area contributed by atoms with E-state index in [1.54, 1.807) is 0 Å². The monoisotopic (exact) mass is 534 g/mol. The molecule has 0 aliphatic carbocycles. The zero-order valence-corrected chi connectivity index (χ0v) is 21.4. The SMILES string of the molecule is CCOCCn1c(N2CCCN(C)CC2)nc2ccccc21.O=C(O)/C=C/C(=O)O.O=C(O)/C=C\C(=O)O. The molecule has 0 radical (unpaired) electrons. The minimum atomic E-state index is -1.26. The number of hydrogen-bond acceptors (Lipinski definition) is 8. The van der Waals surface area contributed by atoms with Gasteiger partial charge in [-0.15, -0.1) is 0 Å². The Kier molecular flexibility index (Phi) is 14.4. The molecule has 4 N–H and O–H groups in total. The molecule has 0 atom stereocenters. The number of carboxylic acid groups (broad SMARTS) is 4. The van der Waals surface area contributed by atoms with Crippen molar-refractivity contribution in [1.29, 1.82) is 0 Å². The molecule has 1 aliphatic rings. The fraction of sp³-hybridized carbons (Fsp3) is 0.400. The Labute approximate surface area is 219 Å². The van der Waals surface area contributed by atoms with Gasteiger partial charge in [0.25, 0.3) is 0 Å². The van der Waals surface area contributed by atoms with Gasteiger partial charge in [0.2, 0.25) is 5.95 Å². The maximum atomic E-state index is 9.55. The first-order valence-corrected chi connectivity index (χ1v) is 11.8. The van der Waals surface area contributed by atoms with Crippen LogP contribution in [0.25, 0.3) is 11.0 Å². The summed E-state index contributed by atoms with van der Waals surface area (Å²) in [6.07, 6.45) is 3.42. The normalized spacial score (nSPS) is 13.9. The van der Waals surface area contributed by atoms with Gasteiger partial charge in [-0.25, -0.2) is 24.2 Å². The summed E-state index contributed by atoms with van der Waals surface area (Å²) in [5.41, 5.74) is 2.28. The van der Waals surface area contributed by atoms with Crippen molar-refractivity contribution in [2.24, 2.45) is 0 Å². The minimum Gasteiger partial charge on any atom is -0.478 e. The second kappa shape index (κ2) is 17.3. The molecule has 2 aromatic rings. The third kappa shape index (κ3) is 12.6. The number of nitrogens with zero attached hydrogens (tertiary/aromatic N) is 4. The summed E-state index contributed by atoms with van der Waals surface area (Å²) in [4.78, 5) is 47.9. The predicted octanol–water partition coefficient (Wildman–Crippen LogP) is 1.64. The Morgan fingerprint density at radius 3 is 1.95 bits per heavy atom. The van der Waals surface area contributed by atoms with Crippen molar-refractivity contribution in [3.63, 3.8) is 0 Å². The number of aromatic nitrogens is 2. The molecular weight excluding hydrogens is 500 g/mol. The number of carbonyl (C=O) groups is 4. The quantitative estimate of drug-likeness (QED) is 0.270. The first-order chi connectivity index (χ1) is 18.0. The van der Waals surface area contributed by atoms with E-state index in [1.165, 1.54) is 11.9 Å². The Morgan fingerprint density at radius 2 is 1.42 bits per heavy atom. The summed E-state index contributed by atoms with van der Waals surface area (Å²) in [5, 5.41) is 31.2. The van der Waals surface area contributed by atoms with Crippen molar-refractivity contribution in [2.45, 2.75) is 19.9 Å². The fourth-order valence-electron chi connectivity index (χ4n) is 3.36. The van der Waals surface area contributed by atoms with Crippen LogP contribution in [0.1, 0.15) is 13.3 Å². The topological polar surface area (TPSA) is 183 Å². The Morgan fingerprint density at radius 1 is 0.868 bits per heavy atom. The van der Waals surface area contributed by atoms with Crippen LogP contribution in [0.3, 0.4) is 0 Å². The molecule has 1 aromatic carbocycles. The number of para-hydroxylation sites is 2. The standard InChI is InChI=1S/C17H26N4O.2C4H4O4/c1-3-22-14-13-21-16-8-5-4-7-15(16)18-17(21)20-10-6-9-19(2)11-12-20;2*5-3(6)1-2-4(7)8/h4-5,7-8H,3,6,9-14H2,1-2H3;2*1-2H,(H,5,6)(H,7,8)/b;2-1+;2-1-. The van der Waals surface area contributed by atoms with Gasteiger partial charge >= 0.3 is 23.9 Å². The van der Waals surface area contributed by atoms with Gasteiger partial charge in [-0.3, -0.25) is 0 Å². The van der Waals surface area contributed by atoms with Gasteiger partial charge in [-0.2, -0.15) is 0 Å². The third-order valence-electron chi connectivity index (χ3n) is 5.04. The lowest BCUT2D eigenvalue weighted by molar-refractivity contribution is -0.134. The molecule has 38 heavy (non-hydrogen) atoms. The van der Waals surface area contributed by atoms with Crippen molar-refractivity contribution in [3.8, 4) is 0 Å². The molecular formula is C25H34N4O9. The second-order valence-electron chi connectivity index (χ2n) is 7.91. The van der Waals surface area contributed by atoms with Gasteiger partial charge in [0.15, 0.2) is 0 Å². The highest BCUT2D eigenvalue weighted by atomic mass is 16.5. The van der Waals surface area contributed by atoms with E-state index in [2.05, 4.69) is 45.7 Å². The van der Waals surface area contributed by atoms with Crippen molar-refractivity contribution in [1.82, 2.24) is 14.5 Å². The first-order valence-electron chi connectivity index (χ1n) is 11.8. The highest BCUT2D eigenvalue weighted by Gasteiger charge is 2.19. The number of ether oxygens (including phenoxy) is 1. The van der Waals surface area contributed by atoms with E-state index >= 15 is 0 Å². The molecule has 0 amide bonds. The minimum absolute atomic E-state index is 0.558. The highest BCUT2D eigenvalue weighted by molar-refractivity contribution is 5.90. The van der Waals surface area contributed by atoms with E-state index in [9.17, 15) is 19.2 Å². The number of aliphatic carboxylic acids is 4. The predicted molar refractivity (Wildman–Crippen MR) is 139 cm³/mol. The molecule has 1 fully saturated rings. The molecule has 1 saturated heterocycles. The first kappa shape index (κ1) is 31.8. The van der Waals surface area contributed by atoms with Gasteiger partial charge in [-0.05, 0) is 39.1 Å². The zero-order chi connectivity index (χ0) is 28.5. The molecule has 13 heteroatoms. The van der Waals surface area contributed by atoms with Crippen molar-refractivity contribution < 1.29 is 44.3 Å². The molecule has 0 saturated carbocycles. The number of likely N-dealkylation sites (N-methyl/N-ethyl adjacent to an activating group) is 1. The van der Waals surface area contributed by atoms with Crippen LogP contribution in [0.15, 0.2) is 48.6 Å². The number of imidazole rings is 1. The van der Waals surface area contributed by atoms with Crippen LogP contribution in [0.5, 0.6) is 0 Å². The van der Waals surface area contributed by atoms with Crippen LogP contribution >= 0.6 is 0 Å². The van der Waals surface area contributed by atoms with Crippen LogP contribution in [0, 0.1) is 0 Å². The lowest BCUT2D eigenvalue weighted by Gasteiger charge is -2.23. The van der Waals surface area contributed by atoms with Crippen LogP contribution < -0.4 is 4.90 Å². The number of rotatable bonds is 9. The summed E-state index contributed by atoms with van der Waals surface area (Å²) in [7, 11) is 2.20. The highest BCUT2D eigenvalue weighted by Crippen LogP contribution is 2.23. The van der Waals surface area contributed by atoms with E-state index in [0.717, 1.165) is 57.4 Å².